The highest BCUT2D eigenvalue weighted by molar-refractivity contribution is 5.85. The number of aliphatic carboxylic acids is 1. The second-order valence-corrected chi connectivity index (χ2v) is 10.4. The van der Waals surface area contributed by atoms with Gasteiger partial charge in [-0.05, 0) is 87.1 Å². The molecule has 0 saturated carbocycles. The number of fused-ring (bicyclic) bond motifs is 1. The largest absolute Gasteiger partial charge is 0.479 e. The van der Waals surface area contributed by atoms with E-state index in [1.54, 1.807) is 22.2 Å². The monoisotopic (exact) mass is 486 g/mol. The normalized spacial score (nSPS) is 15.7. The quantitative estimate of drug-likeness (QED) is 0.532. The average Bonchev–Trinajstić information content (AvgIpc) is 3.09. The van der Waals surface area contributed by atoms with Crippen LogP contribution in [0.2, 0.25) is 0 Å². The second kappa shape index (κ2) is 9.78. The summed E-state index contributed by atoms with van der Waals surface area (Å²) >= 11 is 0. The summed E-state index contributed by atoms with van der Waals surface area (Å²) in [6.07, 6.45) is 9.74. The van der Waals surface area contributed by atoms with Crippen LogP contribution in [-0.4, -0.2) is 32.5 Å². The number of carbonyl (C=O) groups is 2. The lowest BCUT2D eigenvalue weighted by atomic mass is 9.83. The van der Waals surface area contributed by atoms with Crippen molar-refractivity contribution >= 4 is 12.0 Å². The number of hydrogen-bond donors (Lipinski definition) is 1. The number of allylic oxidation sites excluding steroid dienone is 4. The van der Waals surface area contributed by atoms with Gasteiger partial charge in [-0.15, -0.1) is 0 Å². The Hall–Kier alpha value is -3.64. The molecule has 0 spiro atoms. The van der Waals surface area contributed by atoms with Crippen LogP contribution in [0.15, 0.2) is 61.0 Å². The van der Waals surface area contributed by atoms with Gasteiger partial charge in [-0.1, -0.05) is 42.0 Å². The highest BCUT2D eigenvalue weighted by Gasteiger charge is 2.36. The summed E-state index contributed by atoms with van der Waals surface area (Å²) in [6, 6.07) is 7.99. The molecule has 1 atom stereocenters. The molecule has 0 aliphatic carbocycles. The van der Waals surface area contributed by atoms with E-state index in [9.17, 15) is 14.7 Å². The van der Waals surface area contributed by atoms with Gasteiger partial charge in [0.2, 0.25) is 0 Å². The van der Waals surface area contributed by atoms with Gasteiger partial charge in [0.05, 0.1) is 5.60 Å². The summed E-state index contributed by atoms with van der Waals surface area (Å²) in [5.74, 6) is -1.03. The summed E-state index contributed by atoms with van der Waals surface area (Å²) < 4.78 is 6.14. The van der Waals surface area contributed by atoms with Crippen LogP contribution in [0.4, 0.5) is 4.79 Å². The Bertz CT molecular complexity index is 1260. The molecule has 2 aliphatic rings. The molecule has 2 aromatic rings. The van der Waals surface area contributed by atoms with E-state index in [0.717, 1.165) is 38.9 Å². The van der Waals surface area contributed by atoms with E-state index < -0.39 is 17.7 Å². The van der Waals surface area contributed by atoms with E-state index in [0.29, 0.717) is 18.7 Å². The number of urea groups is 1. The molecule has 6 heteroatoms. The molecule has 2 heterocycles. The third kappa shape index (κ3) is 5.00. The molecule has 0 unspecified atom stereocenters. The lowest BCUT2D eigenvalue weighted by Crippen LogP contribution is -2.34. The first-order valence-corrected chi connectivity index (χ1v) is 12.2. The van der Waals surface area contributed by atoms with Gasteiger partial charge in [0.25, 0.3) is 0 Å². The predicted octanol–water partition coefficient (Wildman–Crippen LogP) is 6.55. The number of nitrogens with zero attached hydrogens (tertiary/aromatic N) is 2. The first-order valence-electron chi connectivity index (χ1n) is 12.2. The van der Waals surface area contributed by atoms with Gasteiger partial charge in [-0.2, -0.15) is 0 Å². The van der Waals surface area contributed by atoms with Gasteiger partial charge in [0, 0.05) is 31.1 Å². The highest BCUT2D eigenvalue weighted by atomic mass is 16.5. The van der Waals surface area contributed by atoms with Gasteiger partial charge in [-0.25, -0.2) is 9.59 Å². The van der Waals surface area contributed by atoms with E-state index in [1.165, 1.54) is 0 Å². The maximum atomic E-state index is 13.4. The van der Waals surface area contributed by atoms with E-state index in [2.05, 4.69) is 0 Å². The number of amides is 2. The number of carboxylic acid groups (broad SMARTS) is 1. The van der Waals surface area contributed by atoms with Gasteiger partial charge in [-0.3, -0.25) is 4.90 Å². The molecule has 0 fully saturated rings. The fourth-order valence-corrected chi connectivity index (χ4v) is 4.92. The van der Waals surface area contributed by atoms with Gasteiger partial charge < -0.3 is 14.7 Å². The van der Waals surface area contributed by atoms with Crippen molar-refractivity contribution in [2.75, 3.05) is 0 Å². The van der Waals surface area contributed by atoms with Crippen LogP contribution in [0.3, 0.4) is 0 Å². The fraction of sp³-hybridized carbons (Fsp3) is 0.333. The topological polar surface area (TPSA) is 70.1 Å². The fourth-order valence-electron chi connectivity index (χ4n) is 4.92. The molecule has 36 heavy (non-hydrogen) atoms. The van der Waals surface area contributed by atoms with E-state index in [4.69, 9.17) is 4.74 Å². The van der Waals surface area contributed by atoms with Crippen LogP contribution >= 0.6 is 0 Å². The third-order valence-corrected chi connectivity index (χ3v) is 6.63. The Balaban J connectivity index is 1.87. The minimum absolute atomic E-state index is 0.125. The molecular formula is C30H34N2O4. The van der Waals surface area contributed by atoms with Crippen molar-refractivity contribution < 1.29 is 19.4 Å². The highest BCUT2D eigenvalue weighted by Crippen LogP contribution is 2.43. The maximum absolute atomic E-state index is 13.4. The molecule has 2 aromatic carbocycles. The molecule has 4 rings (SSSR count). The second-order valence-electron chi connectivity index (χ2n) is 10.4. The number of aryl methyl sites for hydroxylation is 1. The van der Waals surface area contributed by atoms with Crippen LogP contribution in [0, 0.1) is 20.8 Å². The number of carbonyl (C=O) groups excluding carboxylic acids is 1. The van der Waals surface area contributed by atoms with Crippen LogP contribution in [0.5, 0.6) is 0 Å². The zero-order valence-corrected chi connectivity index (χ0v) is 21.8. The molecule has 0 bridgehead atoms. The third-order valence-electron chi connectivity index (χ3n) is 6.63. The molecule has 0 radical (unpaired) electrons. The summed E-state index contributed by atoms with van der Waals surface area (Å²) in [5, 5.41) is 10.3. The van der Waals surface area contributed by atoms with E-state index in [-0.39, 0.29) is 6.03 Å². The summed E-state index contributed by atoms with van der Waals surface area (Å²) in [4.78, 5) is 29.3. The minimum Gasteiger partial charge on any atom is -0.479 e. The maximum Gasteiger partial charge on any atom is 0.337 e. The molecule has 0 saturated heterocycles. The average molecular weight is 487 g/mol. The Morgan fingerprint density at radius 3 is 1.97 bits per heavy atom. The van der Waals surface area contributed by atoms with Gasteiger partial charge >= 0.3 is 12.0 Å². The van der Waals surface area contributed by atoms with Crippen molar-refractivity contribution in [1.82, 2.24) is 9.80 Å². The number of carboxylic acids is 1. The van der Waals surface area contributed by atoms with E-state index in [1.807, 2.05) is 90.1 Å². The SMILES string of the molecule is Cc1ccc(-c2c(C)c3c(c(C)c2[C@H](OC(C)(C)C)C(=O)O)CN(C(=O)N2C=CC=CC=C2)C3)cc1. The molecular weight excluding hydrogens is 452 g/mol. The lowest BCUT2D eigenvalue weighted by molar-refractivity contribution is -0.160. The lowest BCUT2D eigenvalue weighted by Gasteiger charge is -2.29. The predicted molar refractivity (Wildman–Crippen MR) is 141 cm³/mol. The van der Waals surface area contributed by atoms with Crippen LogP contribution < -0.4 is 0 Å². The minimum atomic E-state index is -1.14. The van der Waals surface area contributed by atoms with Crippen LogP contribution in [0.25, 0.3) is 11.1 Å². The summed E-state index contributed by atoms with van der Waals surface area (Å²) in [5.41, 5.74) is 6.85. The van der Waals surface area contributed by atoms with Gasteiger partial charge in [0.15, 0.2) is 6.10 Å². The Kier molecular flexibility index (Phi) is 6.92. The molecule has 188 valence electrons. The Morgan fingerprint density at radius 1 is 0.889 bits per heavy atom. The van der Waals surface area contributed by atoms with Crippen molar-refractivity contribution in [2.24, 2.45) is 0 Å². The smallest absolute Gasteiger partial charge is 0.337 e. The van der Waals surface area contributed by atoms with Crippen molar-refractivity contribution in [3.8, 4) is 11.1 Å². The number of benzene rings is 2. The molecule has 1 N–H and O–H groups in total. The number of rotatable bonds is 4. The zero-order valence-electron chi connectivity index (χ0n) is 21.8. The molecule has 2 amide bonds. The van der Waals surface area contributed by atoms with E-state index >= 15 is 0 Å². The molecule has 2 aliphatic heterocycles. The standard InChI is InChI=1S/C30H34N2O4/c1-19-11-13-22(14-12-19)25-20(2)23-17-32(29(35)31-15-9-7-8-10-16-31)18-24(23)21(3)26(25)27(28(33)34)36-30(4,5)6/h7-16,27H,17-18H2,1-6H3,(H,33,34)/t27-/m0/s1. The molecule has 0 aromatic heterocycles. The molecule has 6 nitrogen and oxygen atoms in total. The zero-order chi connectivity index (χ0) is 26.2. The van der Waals surface area contributed by atoms with Crippen LogP contribution in [-0.2, 0) is 22.6 Å². The van der Waals surface area contributed by atoms with Crippen LogP contribution in [0.1, 0.15) is 60.3 Å². The summed E-state index contributed by atoms with van der Waals surface area (Å²) in [6.45, 7) is 12.5. The summed E-state index contributed by atoms with van der Waals surface area (Å²) in [7, 11) is 0. The number of hydrogen-bond acceptors (Lipinski definition) is 3. The van der Waals surface area contributed by atoms with Crippen molar-refractivity contribution in [1.29, 1.82) is 0 Å². The van der Waals surface area contributed by atoms with Crippen molar-refractivity contribution in [3.05, 3.63) is 94.4 Å². The first kappa shape index (κ1) is 25.5. The Labute approximate surface area is 213 Å². The van der Waals surface area contributed by atoms with Crippen molar-refractivity contribution in [2.45, 2.75) is 66.3 Å². The van der Waals surface area contributed by atoms with Gasteiger partial charge in [0.1, 0.15) is 0 Å². The Morgan fingerprint density at radius 2 is 1.44 bits per heavy atom. The van der Waals surface area contributed by atoms with Crippen molar-refractivity contribution in [3.63, 3.8) is 0 Å². The number of ether oxygens (including phenoxy) is 1. The first-order chi connectivity index (χ1) is 17.0.